The van der Waals surface area contributed by atoms with Crippen LogP contribution < -0.4 is 0 Å². The normalized spacial score (nSPS) is 11.2. The first-order valence-corrected chi connectivity index (χ1v) is 14.4. The molecule has 1 aliphatic carbocycles. The summed E-state index contributed by atoms with van der Waals surface area (Å²) in [5.41, 5.74) is 4.19. The molecule has 0 unspecified atom stereocenters. The highest BCUT2D eigenvalue weighted by molar-refractivity contribution is 9.11. The molecular weight excluding hydrogens is 705 g/mol. The number of hydrogen-bond donors (Lipinski definition) is 2. The fraction of sp³-hybridized carbons (Fsp3) is 0. The van der Waals surface area contributed by atoms with Crippen LogP contribution in [0.1, 0.15) is 11.1 Å². The van der Waals surface area contributed by atoms with E-state index < -0.39 is 7.12 Å². The van der Waals surface area contributed by atoms with Crippen LogP contribution in [0.3, 0.4) is 0 Å². The molecular formula is C32H21BBr3F2O2+. The second kappa shape index (κ2) is 14.1. The van der Waals surface area contributed by atoms with E-state index in [1.165, 1.54) is 18.2 Å². The molecule has 198 valence electrons. The van der Waals surface area contributed by atoms with E-state index in [0.717, 1.165) is 46.4 Å². The van der Waals surface area contributed by atoms with Gasteiger partial charge in [0.15, 0.2) is 5.47 Å². The molecule has 2 N–H and O–H groups in total. The summed E-state index contributed by atoms with van der Waals surface area (Å²) >= 11 is 9.62. The Hall–Kier alpha value is -2.97. The molecule has 0 saturated heterocycles. The van der Waals surface area contributed by atoms with Gasteiger partial charge in [-0.2, -0.15) is 0 Å². The third-order valence-corrected chi connectivity index (χ3v) is 7.17. The van der Waals surface area contributed by atoms with Gasteiger partial charge in [0, 0.05) is 25.6 Å². The lowest BCUT2D eigenvalue weighted by Crippen LogP contribution is -2.16. The Kier molecular flexibility index (Phi) is 10.6. The summed E-state index contributed by atoms with van der Waals surface area (Å²) in [5.74, 6) is -0.469. The van der Waals surface area contributed by atoms with Crippen LogP contribution >= 0.6 is 47.8 Å². The second-order valence-corrected chi connectivity index (χ2v) is 11.4. The van der Waals surface area contributed by atoms with Gasteiger partial charge in [-0.25, -0.2) is 8.78 Å². The monoisotopic (exact) mass is 723 g/mol. The molecule has 0 radical (unpaired) electrons. The van der Waals surface area contributed by atoms with E-state index in [0.29, 0.717) is 5.47 Å². The van der Waals surface area contributed by atoms with Crippen molar-refractivity contribution in [2.45, 2.75) is 0 Å². The number of hydrogen-bond acceptors (Lipinski definition) is 2. The molecule has 0 amide bonds. The van der Waals surface area contributed by atoms with E-state index in [9.17, 15) is 8.78 Å². The zero-order chi connectivity index (χ0) is 28.6. The van der Waals surface area contributed by atoms with Crippen molar-refractivity contribution in [1.82, 2.24) is 0 Å². The maximum atomic E-state index is 13.5. The van der Waals surface area contributed by atoms with Crippen molar-refractivity contribution in [2.75, 3.05) is 0 Å². The van der Waals surface area contributed by atoms with Crippen LogP contribution in [0.25, 0.3) is 33.4 Å². The molecule has 8 heteroatoms. The summed E-state index contributed by atoms with van der Waals surface area (Å²) in [6.45, 7) is 0. The first-order valence-electron chi connectivity index (χ1n) is 12.0. The van der Waals surface area contributed by atoms with Gasteiger partial charge in [0.25, 0.3) is 0 Å². The summed E-state index contributed by atoms with van der Waals surface area (Å²) in [6, 6.07) is 31.3. The van der Waals surface area contributed by atoms with Crippen LogP contribution in [0.2, 0.25) is 0 Å². The molecule has 0 atom stereocenters. The zero-order valence-electron chi connectivity index (χ0n) is 20.8. The number of benzene rings is 5. The predicted molar refractivity (Wildman–Crippen MR) is 171 cm³/mol. The molecule has 0 aliphatic heterocycles. The lowest BCUT2D eigenvalue weighted by Gasteiger charge is -2.07. The minimum atomic E-state index is -1.45. The predicted octanol–water partition coefficient (Wildman–Crippen LogP) is 9.67. The molecule has 0 heterocycles. The zero-order valence-corrected chi connectivity index (χ0v) is 25.6. The highest BCUT2D eigenvalue weighted by Crippen LogP contribution is 2.31. The summed E-state index contributed by atoms with van der Waals surface area (Å²) in [7, 11) is -1.45. The van der Waals surface area contributed by atoms with Crippen LogP contribution in [0.4, 0.5) is 8.78 Å². The highest BCUT2D eigenvalue weighted by Gasteiger charge is 2.28. The number of halogens is 5. The quantitative estimate of drug-likeness (QED) is 0.141. The number of fused-ring (bicyclic) bond motifs is 2. The summed E-state index contributed by atoms with van der Waals surface area (Å²) in [4.78, 5) is 0. The van der Waals surface area contributed by atoms with Crippen LogP contribution in [-0.2, 0) is 0 Å². The van der Waals surface area contributed by atoms with Gasteiger partial charge in [0.2, 0.25) is 0 Å². The molecule has 6 rings (SSSR count). The first kappa shape index (κ1) is 30.0. The van der Waals surface area contributed by atoms with Crippen molar-refractivity contribution in [1.29, 1.82) is 0 Å². The van der Waals surface area contributed by atoms with E-state index in [1.807, 2.05) is 60.7 Å². The second-order valence-electron chi connectivity index (χ2n) is 8.62. The standard InChI is InChI=1S/C16H10BrF.C10H8BO2.C6H3Br2F/c17-13-8-12(9-14(18)10-13)16-7-3-5-11-4-1-2-6-15(11)16;12-11(13)10-7-3-5-8-4-1-2-6-9(8)10;7-4-1-5(8)3-6(9)2-4/h1-10H;1-6,12-13H;1-3H/q;+1;. The third kappa shape index (κ3) is 8.04. The minimum absolute atomic E-state index is 0.229. The average molecular weight is 726 g/mol. The molecule has 0 fully saturated rings. The Balaban J connectivity index is 0.000000148. The van der Waals surface area contributed by atoms with Crippen molar-refractivity contribution in [3.8, 4) is 11.1 Å². The lowest BCUT2D eigenvalue weighted by molar-refractivity contribution is 0.427. The fourth-order valence-corrected chi connectivity index (χ4v) is 5.81. The SMILES string of the molecule is Fc1cc(Br)cc(-c2cccc3ccccc23)c1.Fc1cc(Br)cc(Br)c1.OB(O)C1=[C+]C=Cc2ccccc21. The Morgan fingerprint density at radius 1 is 0.625 bits per heavy atom. The van der Waals surface area contributed by atoms with Crippen molar-refractivity contribution in [2.24, 2.45) is 0 Å². The molecule has 0 saturated carbocycles. The largest absolute Gasteiger partial charge is 0.527 e. The Morgan fingerprint density at radius 3 is 1.88 bits per heavy atom. The molecule has 2 nitrogen and oxygen atoms in total. The Bertz CT molecular complexity index is 1630. The van der Waals surface area contributed by atoms with Gasteiger partial charge in [0.05, 0.1) is 17.2 Å². The van der Waals surface area contributed by atoms with Gasteiger partial charge in [-0.1, -0.05) is 96.3 Å². The Morgan fingerprint density at radius 2 is 1.20 bits per heavy atom. The maximum absolute atomic E-state index is 13.5. The van der Waals surface area contributed by atoms with E-state index >= 15 is 0 Å². The smallest absolute Gasteiger partial charge is 0.421 e. The van der Waals surface area contributed by atoms with Crippen LogP contribution in [0.15, 0.2) is 123 Å². The topological polar surface area (TPSA) is 40.5 Å². The van der Waals surface area contributed by atoms with E-state index in [1.54, 1.807) is 18.2 Å². The Labute approximate surface area is 257 Å². The van der Waals surface area contributed by atoms with Crippen LogP contribution in [0, 0.1) is 17.7 Å². The van der Waals surface area contributed by atoms with E-state index in [4.69, 9.17) is 10.0 Å². The summed E-state index contributed by atoms with van der Waals surface area (Å²) in [5, 5.41) is 20.4. The van der Waals surface area contributed by atoms with Crippen molar-refractivity contribution >= 4 is 77.2 Å². The first-order chi connectivity index (χ1) is 19.2. The molecule has 1 aliphatic rings. The molecule has 40 heavy (non-hydrogen) atoms. The van der Waals surface area contributed by atoms with Gasteiger partial charge in [0.1, 0.15) is 17.7 Å². The van der Waals surface area contributed by atoms with Gasteiger partial charge < -0.3 is 10.0 Å². The third-order valence-electron chi connectivity index (χ3n) is 5.80. The van der Waals surface area contributed by atoms with E-state index in [2.05, 4.69) is 72.1 Å². The van der Waals surface area contributed by atoms with Crippen LogP contribution in [-0.4, -0.2) is 17.2 Å². The fourth-order valence-electron chi connectivity index (χ4n) is 4.11. The maximum Gasteiger partial charge on any atom is 0.527 e. The lowest BCUT2D eigenvalue weighted by atomic mass is 9.72. The van der Waals surface area contributed by atoms with E-state index in [-0.39, 0.29) is 11.6 Å². The number of rotatable bonds is 2. The van der Waals surface area contributed by atoms with Crippen molar-refractivity contribution in [3.05, 3.63) is 151 Å². The average Bonchev–Trinajstić information content (AvgIpc) is 2.92. The number of allylic oxidation sites excluding steroid dienone is 2. The summed E-state index contributed by atoms with van der Waals surface area (Å²) < 4.78 is 28.1. The van der Waals surface area contributed by atoms with Crippen molar-refractivity contribution in [3.63, 3.8) is 0 Å². The molecule has 5 aromatic carbocycles. The summed E-state index contributed by atoms with van der Waals surface area (Å²) in [6.07, 6.45) is 6.39. The van der Waals surface area contributed by atoms with Crippen molar-refractivity contribution < 1.29 is 18.8 Å². The van der Waals surface area contributed by atoms with Gasteiger partial charge in [-0.05, 0) is 70.4 Å². The molecule has 0 spiro atoms. The van der Waals surface area contributed by atoms with Gasteiger partial charge in [-0.3, -0.25) is 0 Å². The van der Waals surface area contributed by atoms with Crippen LogP contribution in [0.5, 0.6) is 0 Å². The molecule has 0 bridgehead atoms. The molecule has 5 aromatic rings. The highest BCUT2D eigenvalue weighted by atomic mass is 79.9. The minimum Gasteiger partial charge on any atom is -0.421 e. The van der Waals surface area contributed by atoms with Gasteiger partial charge >= 0.3 is 7.12 Å². The molecule has 0 aromatic heterocycles. The van der Waals surface area contributed by atoms with Gasteiger partial charge in [-0.15, -0.1) is 0 Å².